The molecule has 2 rings (SSSR count). The molecule has 1 aromatic heterocycles. The molecule has 1 atom stereocenters. The molecule has 4 nitrogen and oxygen atoms in total. The van der Waals surface area contributed by atoms with E-state index in [1.54, 1.807) is 6.07 Å². The molecule has 1 amide bonds. The highest BCUT2D eigenvalue weighted by Gasteiger charge is 2.23. The lowest BCUT2D eigenvalue weighted by Crippen LogP contribution is -2.35. The lowest BCUT2D eigenvalue weighted by Gasteiger charge is -2.22. The molecule has 94 valence electrons. The summed E-state index contributed by atoms with van der Waals surface area (Å²) in [4.78, 5) is 14.1. The summed E-state index contributed by atoms with van der Waals surface area (Å²) in [7, 11) is 0. The van der Waals surface area contributed by atoms with Gasteiger partial charge in [0.25, 0.3) is 5.91 Å². The van der Waals surface area contributed by atoms with Crippen LogP contribution in [0.15, 0.2) is 16.5 Å². The summed E-state index contributed by atoms with van der Waals surface area (Å²) >= 11 is 0. The van der Waals surface area contributed by atoms with Crippen LogP contribution in [-0.2, 0) is 0 Å². The van der Waals surface area contributed by atoms with E-state index in [4.69, 9.17) is 4.42 Å². The van der Waals surface area contributed by atoms with Gasteiger partial charge in [0, 0.05) is 19.6 Å². The Labute approximate surface area is 102 Å². The second-order valence-corrected chi connectivity index (χ2v) is 4.64. The summed E-state index contributed by atoms with van der Waals surface area (Å²) in [5.74, 6) is 1.80. The first-order valence-electron chi connectivity index (χ1n) is 6.27. The zero-order valence-electron chi connectivity index (χ0n) is 10.5. The summed E-state index contributed by atoms with van der Waals surface area (Å²) in [5, 5.41) is 3.37. The standard InChI is InChI=1S/C13H20N2O2/c1-3-11-8-14-6-7-15(9-11)13(16)12-5-4-10(2)17-12/h4-5,11,14H,3,6-9H2,1-2H3. The van der Waals surface area contributed by atoms with Gasteiger partial charge in [0.15, 0.2) is 5.76 Å². The molecule has 1 aliphatic heterocycles. The van der Waals surface area contributed by atoms with Crippen molar-refractivity contribution >= 4 is 5.91 Å². The first-order chi connectivity index (χ1) is 8.20. The minimum absolute atomic E-state index is 0.0141. The van der Waals surface area contributed by atoms with E-state index in [2.05, 4.69) is 12.2 Å². The number of aryl methyl sites for hydroxylation is 1. The van der Waals surface area contributed by atoms with E-state index in [0.717, 1.165) is 38.4 Å². The minimum Gasteiger partial charge on any atom is -0.456 e. The van der Waals surface area contributed by atoms with E-state index >= 15 is 0 Å². The van der Waals surface area contributed by atoms with Gasteiger partial charge in [-0.25, -0.2) is 0 Å². The third kappa shape index (κ3) is 2.88. The molecule has 1 aromatic rings. The molecular weight excluding hydrogens is 216 g/mol. The minimum atomic E-state index is 0.0141. The normalized spacial score (nSPS) is 21.3. The van der Waals surface area contributed by atoms with Gasteiger partial charge in [-0.2, -0.15) is 0 Å². The maximum atomic E-state index is 12.2. The predicted octanol–water partition coefficient (Wildman–Crippen LogP) is 1.66. The van der Waals surface area contributed by atoms with Crippen LogP contribution < -0.4 is 5.32 Å². The monoisotopic (exact) mass is 236 g/mol. The number of nitrogens with zero attached hydrogens (tertiary/aromatic N) is 1. The molecule has 1 unspecified atom stereocenters. The number of nitrogens with one attached hydrogen (secondary N) is 1. The topological polar surface area (TPSA) is 45.5 Å². The van der Waals surface area contributed by atoms with E-state index in [0.29, 0.717) is 11.7 Å². The largest absolute Gasteiger partial charge is 0.456 e. The van der Waals surface area contributed by atoms with Gasteiger partial charge in [-0.15, -0.1) is 0 Å². The Balaban J connectivity index is 2.07. The van der Waals surface area contributed by atoms with Crippen LogP contribution in [0.25, 0.3) is 0 Å². The fraction of sp³-hybridized carbons (Fsp3) is 0.615. The molecule has 0 radical (unpaired) electrons. The molecule has 4 heteroatoms. The highest BCUT2D eigenvalue weighted by Crippen LogP contribution is 2.13. The summed E-state index contributed by atoms with van der Waals surface area (Å²) in [5.41, 5.74) is 0. The van der Waals surface area contributed by atoms with Crippen LogP contribution in [0.1, 0.15) is 29.7 Å². The number of carbonyl (C=O) groups is 1. The fourth-order valence-corrected chi connectivity index (χ4v) is 2.15. The summed E-state index contributed by atoms with van der Waals surface area (Å²) in [6.07, 6.45) is 1.09. The molecule has 0 spiro atoms. The van der Waals surface area contributed by atoms with Crippen LogP contribution in [0.3, 0.4) is 0 Å². The molecule has 0 saturated carbocycles. The molecule has 0 aliphatic carbocycles. The molecule has 0 bridgehead atoms. The zero-order chi connectivity index (χ0) is 12.3. The summed E-state index contributed by atoms with van der Waals surface area (Å²) in [6.45, 7) is 7.46. The average Bonchev–Trinajstić information content (AvgIpc) is 2.64. The van der Waals surface area contributed by atoms with Crippen molar-refractivity contribution in [3.05, 3.63) is 23.7 Å². The van der Waals surface area contributed by atoms with Crippen LogP contribution in [0.2, 0.25) is 0 Å². The number of rotatable bonds is 2. The molecular formula is C13H20N2O2. The lowest BCUT2D eigenvalue weighted by molar-refractivity contribution is 0.0713. The molecule has 17 heavy (non-hydrogen) atoms. The molecule has 1 N–H and O–H groups in total. The van der Waals surface area contributed by atoms with Crippen molar-refractivity contribution in [2.45, 2.75) is 20.3 Å². The quantitative estimate of drug-likeness (QED) is 0.849. The number of furan rings is 1. The van der Waals surface area contributed by atoms with Crippen LogP contribution >= 0.6 is 0 Å². The Morgan fingerprint density at radius 2 is 2.41 bits per heavy atom. The number of hydrogen-bond donors (Lipinski definition) is 1. The van der Waals surface area contributed by atoms with Gasteiger partial charge < -0.3 is 14.6 Å². The first kappa shape index (κ1) is 12.2. The molecule has 0 aromatic carbocycles. The maximum absolute atomic E-state index is 12.2. The number of carbonyl (C=O) groups excluding carboxylic acids is 1. The molecule has 2 heterocycles. The molecule has 1 aliphatic rings. The van der Waals surface area contributed by atoms with E-state index in [9.17, 15) is 4.79 Å². The Morgan fingerprint density at radius 3 is 3.06 bits per heavy atom. The Bertz CT molecular complexity index is 387. The highest BCUT2D eigenvalue weighted by molar-refractivity contribution is 5.91. The van der Waals surface area contributed by atoms with Gasteiger partial charge in [-0.05, 0) is 31.5 Å². The predicted molar refractivity (Wildman–Crippen MR) is 66.0 cm³/mol. The average molecular weight is 236 g/mol. The van der Waals surface area contributed by atoms with Crippen molar-refractivity contribution in [2.75, 3.05) is 26.2 Å². The van der Waals surface area contributed by atoms with E-state index < -0.39 is 0 Å². The Kier molecular flexibility index (Phi) is 3.84. The van der Waals surface area contributed by atoms with Crippen LogP contribution in [0, 0.1) is 12.8 Å². The second kappa shape index (κ2) is 5.36. The van der Waals surface area contributed by atoms with Crippen molar-refractivity contribution in [3.63, 3.8) is 0 Å². The van der Waals surface area contributed by atoms with Gasteiger partial charge in [0.05, 0.1) is 0 Å². The van der Waals surface area contributed by atoms with Gasteiger partial charge in [0.1, 0.15) is 5.76 Å². The Morgan fingerprint density at radius 1 is 1.59 bits per heavy atom. The third-order valence-corrected chi connectivity index (χ3v) is 3.29. The first-order valence-corrected chi connectivity index (χ1v) is 6.27. The third-order valence-electron chi connectivity index (χ3n) is 3.29. The fourth-order valence-electron chi connectivity index (χ4n) is 2.15. The SMILES string of the molecule is CCC1CNCCN(C(=O)c2ccc(C)o2)C1. The van der Waals surface area contributed by atoms with Gasteiger partial charge in [0.2, 0.25) is 0 Å². The number of amides is 1. The zero-order valence-corrected chi connectivity index (χ0v) is 10.5. The van der Waals surface area contributed by atoms with E-state index in [1.165, 1.54) is 0 Å². The summed E-state index contributed by atoms with van der Waals surface area (Å²) < 4.78 is 5.40. The van der Waals surface area contributed by atoms with E-state index in [-0.39, 0.29) is 5.91 Å². The van der Waals surface area contributed by atoms with Crippen molar-refractivity contribution in [2.24, 2.45) is 5.92 Å². The molecule has 1 saturated heterocycles. The van der Waals surface area contributed by atoms with Gasteiger partial charge in [-0.1, -0.05) is 13.3 Å². The highest BCUT2D eigenvalue weighted by atomic mass is 16.3. The van der Waals surface area contributed by atoms with Crippen molar-refractivity contribution in [1.82, 2.24) is 10.2 Å². The van der Waals surface area contributed by atoms with Crippen LogP contribution in [0.5, 0.6) is 0 Å². The smallest absolute Gasteiger partial charge is 0.289 e. The van der Waals surface area contributed by atoms with Crippen molar-refractivity contribution in [3.8, 4) is 0 Å². The summed E-state index contributed by atoms with van der Waals surface area (Å²) in [6, 6.07) is 3.59. The van der Waals surface area contributed by atoms with Crippen LogP contribution in [-0.4, -0.2) is 37.0 Å². The lowest BCUT2D eigenvalue weighted by atomic mass is 10.1. The molecule has 1 fully saturated rings. The van der Waals surface area contributed by atoms with Gasteiger partial charge in [-0.3, -0.25) is 4.79 Å². The van der Waals surface area contributed by atoms with Crippen molar-refractivity contribution < 1.29 is 9.21 Å². The maximum Gasteiger partial charge on any atom is 0.289 e. The van der Waals surface area contributed by atoms with Crippen LogP contribution in [0.4, 0.5) is 0 Å². The van der Waals surface area contributed by atoms with Gasteiger partial charge >= 0.3 is 0 Å². The van der Waals surface area contributed by atoms with E-state index in [1.807, 2.05) is 17.9 Å². The number of hydrogen-bond acceptors (Lipinski definition) is 3. The Hall–Kier alpha value is -1.29. The van der Waals surface area contributed by atoms with Crippen molar-refractivity contribution in [1.29, 1.82) is 0 Å². The second-order valence-electron chi connectivity index (χ2n) is 4.64.